The zero-order chi connectivity index (χ0) is 23.2. The van der Waals surface area contributed by atoms with Gasteiger partial charge in [-0.2, -0.15) is 0 Å². The Balaban J connectivity index is 1.45. The van der Waals surface area contributed by atoms with E-state index in [1.54, 1.807) is 0 Å². The number of rotatable bonds is 8. The lowest BCUT2D eigenvalue weighted by Crippen LogP contribution is -2.06. The summed E-state index contributed by atoms with van der Waals surface area (Å²) in [7, 11) is 0. The number of aryl methyl sites for hydroxylation is 1. The fraction of sp³-hybridized carbons (Fsp3) is 0.207. The van der Waals surface area contributed by atoms with Crippen molar-refractivity contribution < 1.29 is 10.2 Å². The van der Waals surface area contributed by atoms with Crippen LogP contribution in [0.2, 0.25) is 5.02 Å². The molecule has 0 aliphatic rings. The van der Waals surface area contributed by atoms with E-state index in [1.165, 1.54) is 5.56 Å². The summed E-state index contributed by atoms with van der Waals surface area (Å²) in [6.07, 6.45) is 4.79. The standard InChI is InChI=1S/C29H28ClNO2/c1-20(19-32)27-8-3-2-6-22(27)12-16-29(33)24-7-4-5-21(17-24)9-14-26-15-11-23-10-13-25(30)18-28(23)31-26/h2-11,13-15,17-18,20,29,32-33H,12,16,19H2,1H3. The van der Waals surface area contributed by atoms with E-state index in [4.69, 9.17) is 11.6 Å². The zero-order valence-electron chi connectivity index (χ0n) is 18.7. The van der Waals surface area contributed by atoms with Crippen LogP contribution < -0.4 is 0 Å². The van der Waals surface area contributed by atoms with Crippen molar-refractivity contribution in [1.29, 1.82) is 0 Å². The summed E-state index contributed by atoms with van der Waals surface area (Å²) in [5, 5.41) is 22.1. The molecule has 0 aliphatic carbocycles. The van der Waals surface area contributed by atoms with Crippen LogP contribution in [-0.2, 0) is 6.42 Å². The average Bonchev–Trinajstić information content (AvgIpc) is 2.85. The van der Waals surface area contributed by atoms with Crippen molar-refractivity contribution in [2.24, 2.45) is 0 Å². The molecule has 3 aromatic carbocycles. The van der Waals surface area contributed by atoms with E-state index in [9.17, 15) is 10.2 Å². The quantitative estimate of drug-likeness (QED) is 0.305. The second kappa shape index (κ2) is 10.8. The predicted molar refractivity (Wildman–Crippen MR) is 137 cm³/mol. The number of aromatic nitrogens is 1. The molecule has 0 amide bonds. The molecule has 2 unspecified atom stereocenters. The molecule has 1 aromatic heterocycles. The zero-order valence-corrected chi connectivity index (χ0v) is 19.4. The molecule has 4 rings (SSSR count). The van der Waals surface area contributed by atoms with Crippen LogP contribution >= 0.6 is 11.6 Å². The van der Waals surface area contributed by atoms with E-state index in [1.807, 2.05) is 85.8 Å². The third-order valence-corrected chi connectivity index (χ3v) is 6.20. The number of pyridine rings is 1. The number of fused-ring (bicyclic) bond motifs is 1. The van der Waals surface area contributed by atoms with Crippen molar-refractivity contribution >= 4 is 34.7 Å². The minimum Gasteiger partial charge on any atom is -0.396 e. The normalized spacial score (nSPS) is 13.5. The SMILES string of the molecule is CC(CO)c1ccccc1CCC(O)c1cccc(C=Cc2ccc3ccc(Cl)cc3n2)c1. The number of aliphatic hydroxyl groups excluding tert-OH is 2. The molecule has 0 saturated heterocycles. The molecule has 2 N–H and O–H groups in total. The fourth-order valence-electron chi connectivity index (χ4n) is 4.05. The van der Waals surface area contributed by atoms with Crippen molar-refractivity contribution in [3.63, 3.8) is 0 Å². The summed E-state index contributed by atoms with van der Waals surface area (Å²) in [5.41, 5.74) is 5.94. The summed E-state index contributed by atoms with van der Waals surface area (Å²) in [5.74, 6) is 0.0894. The number of hydrogen-bond donors (Lipinski definition) is 2. The van der Waals surface area contributed by atoms with Crippen LogP contribution in [0.15, 0.2) is 78.9 Å². The first-order chi connectivity index (χ1) is 16.0. The Bertz CT molecular complexity index is 1270. The van der Waals surface area contributed by atoms with E-state index in [2.05, 4.69) is 17.1 Å². The van der Waals surface area contributed by atoms with Gasteiger partial charge in [-0.1, -0.05) is 79.2 Å². The number of halogens is 1. The molecular weight excluding hydrogens is 430 g/mol. The van der Waals surface area contributed by atoms with Crippen molar-refractivity contribution in [1.82, 2.24) is 4.98 Å². The second-order valence-corrected chi connectivity index (χ2v) is 8.85. The highest BCUT2D eigenvalue weighted by Crippen LogP contribution is 2.25. The fourth-order valence-corrected chi connectivity index (χ4v) is 4.22. The van der Waals surface area contributed by atoms with Gasteiger partial charge in [0, 0.05) is 22.9 Å². The highest BCUT2D eigenvalue weighted by atomic mass is 35.5. The molecule has 1 heterocycles. The minimum absolute atomic E-state index is 0.0894. The monoisotopic (exact) mass is 457 g/mol. The summed E-state index contributed by atoms with van der Waals surface area (Å²) < 4.78 is 0. The molecule has 0 bridgehead atoms. The highest BCUT2D eigenvalue weighted by molar-refractivity contribution is 6.31. The van der Waals surface area contributed by atoms with E-state index >= 15 is 0 Å². The number of aliphatic hydroxyl groups is 2. The summed E-state index contributed by atoms with van der Waals surface area (Å²) in [6.45, 7) is 2.14. The minimum atomic E-state index is -0.559. The first kappa shape index (κ1) is 23.2. The summed E-state index contributed by atoms with van der Waals surface area (Å²) in [6, 6.07) is 25.8. The Hall–Kier alpha value is -2.98. The van der Waals surface area contributed by atoms with E-state index in [0.717, 1.165) is 39.7 Å². The van der Waals surface area contributed by atoms with Gasteiger partial charge in [-0.25, -0.2) is 4.98 Å². The molecule has 2 atom stereocenters. The van der Waals surface area contributed by atoms with Gasteiger partial charge in [0.1, 0.15) is 0 Å². The molecular formula is C29H28ClNO2. The maximum atomic E-state index is 10.8. The van der Waals surface area contributed by atoms with Gasteiger partial charge in [-0.05, 0) is 65.4 Å². The van der Waals surface area contributed by atoms with Crippen molar-refractivity contribution in [2.45, 2.75) is 31.8 Å². The number of benzene rings is 3. The lowest BCUT2D eigenvalue weighted by atomic mass is 9.92. The van der Waals surface area contributed by atoms with Crippen LogP contribution in [0.25, 0.3) is 23.1 Å². The molecule has 33 heavy (non-hydrogen) atoms. The van der Waals surface area contributed by atoms with Gasteiger partial charge in [-0.15, -0.1) is 0 Å². The van der Waals surface area contributed by atoms with Crippen LogP contribution in [0.1, 0.15) is 53.3 Å². The van der Waals surface area contributed by atoms with E-state index in [0.29, 0.717) is 11.4 Å². The Kier molecular flexibility index (Phi) is 7.56. The molecule has 0 radical (unpaired) electrons. The maximum Gasteiger partial charge on any atom is 0.0793 e. The van der Waals surface area contributed by atoms with Gasteiger partial charge in [0.05, 0.1) is 17.3 Å². The Morgan fingerprint density at radius 1 is 0.939 bits per heavy atom. The highest BCUT2D eigenvalue weighted by Gasteiger charge is 2.12. The topological polar surface area (TPSA) is 53.4 Å². The van der Waals surface area contributed by atoms with Crippen molar-refractivity contribution in [3.05, 3.63) is 112 Å². The van der Waals surface area contributed by atoms with E-state index < -0.39 is 6.10 Å². The van der Waals surface area contributed by atoms with Gasteiger partial charge >= 0.3 is 0 Å². The number of nitrogens with zero attached hydrogens (tertiary/aromatic N) is 1. The Morgan fingerprint density at radius 3 is 2.61 bits per heavy atom. The molecule has 4 heteroatoms. The molecule has 168 valence electrons. The smallest absolute Gasteiger partial charge is 0.0793 e. The lowest BCUT2D eigenvalue weighted by molar-refractivity contribution is 0.167. The van der Waals surface area contributed by atoms with Crippen LogP contribution in [0.5, 0.6) is 0 Å². The summed E-state index contributed by atoms with van der Waals surface area (Å²) >= 11 is 6.09. The van der Waals surface area contributed by atoms with Gasteiger partial charge in [-0.3, -0.25) is 0 Å². The predicted octanol–water partition coefficient (Wildman–Crippen LogP) is 6.82. The largest absolute Gasteiger partial charge is 0.396 e. The van der Waals surface area contributed by atoms with Crippen LogP contribution in [-0.4, -0.2) is 21.8 Å². The second-order valence-electron chi connectivity index (χ2n) is 8.41. The maximum absolute atomic E-state index is 10.8. The molecule has 0 aliphatic heterocycles. The van der Waals surface area contributed by atoms with Gasteiger partial charge < -0.3 is 10.2 Å². The molecule has 0 saturated carbocycles. The Labute approximate surface area is 200 Å². The Morgan fingerprint density at radius 2 is 1.76 bits per heavy atom. The van der Waals surface area contributed by atoms with Gasteiger partial charge in [0.25, 0.3) is 0 Å². The molecule has 0 fully saturated rings. The molecule has 0 spiro atoms. The van der Waals surface area contributed by atoms with Crippen molar-refractivity contribution in [3.8, 4) is 0 Å². The first-order valence-corrected chi connectivity index (χ1v) is 11.6. The van der Waals surface area contributed by atoms with Gasteiger partial charge in [0.2, 0.25) is 0 Å². The van der Waals surface area contributed by atoms with Gasteiger partial charge in [0.15, 0.2) is 0 Å². The summed E-state index contributed by atoms with van der Waals surface area (Å²) in [4.78, 5) is 4.66. The third kappa shape index (κ3) is 5.88. The molecule has 4 aromatic rings. The number of hydrogen-bond acceptors (Lipinski definition) is 3. The average molecular weight is 458 g/mol. The van der Waals surface area contributed by atoms with Crippen LogP contribution in [0.4, 0.5) is 0 Å². The van der Waals surface area contributed by atoms with Crippen LogP contribution in [0.3, 0.4) is 0 Å². The van der Waals surface area contributed by atoms with E-state index in [-0.39, 0.29) is 12.5 Å². The lowest BCUT2D eigenvalue weighted by Gasteiger charge is -2.16. The van der Waals surface area contributed by atoms with Crippen molar-refractivity contribution in [2.75, 3.05) is 6.61 Å². The van der Waals surface area contributed by atoms with Crippen LogP contribution in [0, 0.1) is 0 Å². The first-order valence-electron chi connectivity index (χ1n) is 11.2. The third-order valence-electron chi connectivity index (χ3n) is 5.96. The molecule has 3 nitrogen and oxygen atoms in total.